The van der Waals surface area contributed by atoms with Gasteiger partial charge in [-0.05, 0) is 18.1 Å². The maximum atomic E-state index is 14.2. The second-order valence-corrected chi connectivity index (χ2v) is 4.61. The van der Waals surface area contributed by atoms with Crippen LogP contribution in [0.3, 0.4) is 0 Å². The van der Waals surface area contributed by atoms with Crippen LogP contribution in [0.5, 0.6) is 0 Å². The molecule has 0 saturated carbocycles. The van der Waals surface area contributed by atoms with Crippen LogP contribution in [-0.4, -0.2) is 13.2 Å². The van der Waals surface area contributed by atoms with Gasteiger partial charge in [0.15, 0.2) is 6.29 Å². The van der Waals surface area contributed by atoms with Crippen LogP contribution in [0.1, 0.15) is 30.8 Å². The Balaban J connectivity index is 2.37. The lowest BCUT2D eigenvalue weighted by atomic mass is 10.1. The van der Waals surface area contributed by atoms with Gasteiger partial charge in [0.25, 0.3) is 0 Å². The molecule has 16 heavy (non-hydrogen) atoms. The van der Waals surface area contributed by atoms with E-state index in [1.807, 2.05) is 13.0 Å². The first kappa shape index (κ1) is 12.0. The first-order chi connectivity index (χ1) is 7.74. The van der Waals surface area contributed by atoms with Gasteiger partial charge in [0.05, 0.1) is 18.8 Å². The van der Waals surface area contributed by atoms with Gasteiger partial charge in [0, 0.05) is 4.47 Å². The van der Waals surface area contributed by atoms with Gasteiger partial charge in [-0.15, -0.1) is 0 Å². The summed E-state index contributed by atoms with van der Waals surface area (Å²) in [7, 11) is 0. The molecule has 1 aliphatic rings. The van der Waals surface area contributed by atoms with Gasteiger partial charge in [-0.25, -0.2) is 4.39 Å². The highest BCUT2D eigenvalue weighted by atomic mass is 79.9. The number of hydrogen-bond donors (Lipinski definition) is 0. The minimum absolute atomic E-state index is 0.205. The Hall–Kier alpha value is -0.450. The molecule has 1 aromatic carbocycles. The van der Waals surface area contributed by atoms with Crippen LogP contribution in [-0.2, 0) is 15.9 Å². The summed E-state index contributed by atoms with van der Waals surface area (Å²) in [4.78, 5) is 0. The number of halogens is 2. The molecule has 4 heteroatoms. The normalized spacial score (nSPS) is 16.9. The van der Waals surface area contributed by atoms with E-state index in [1.165, 1.54) is 0 Å². The number of hydrogen-bond acceptors (Lipinski definition) is 2. The zero-order valence-electron chi connectivity index (χ0n) is 9.13. The Morgan fingerprint density at radius 1 is 1.38 bits per heavy atom. The van der Waals surface area contributed by atoms with Crippen LogP contribution >= 0.6 is 15.9 Å². The lowest BCUT2D eigenvalue weighted by Gasteiger charge is -2.14. The van der Waals surface area contributed by atoms with E-state index in [0.29, 0.717) is 23.2 Å². The van der Waals surface area contributed by atoms with Crippen molar-refractivity contribution in [2.24, 2.45) is 0 Å². The Morgan fingerprint density at radius 2 is 2.06 bits per heavy atom. The van der Waals surface area contributed by atoms with Crippen molar-refractivity contribution in [1.82, 2.24) is 0 Å². The monoisotopic (exact) mass is 288 g/mol. The minimum Gasteiger partial charge on any atom is -0.346 e. The second kappa shape index (κ2) is 5.25. The van der Waals surface area contributed by atoms with Crippen LogP contribution in [0, 0.1) is 5.82 Å². The summed E-state index contributed by atoms with van der Waals surface area (Å²) < 4.78 is 25.6. The van der Waals surface area contributed by atoms with Crippen molar-refractivity contribution in [3.63, 3.8) is 0 Å². The summed E-state index contributed by atoms with van der Waals surface area (Å²) in [6.45, 7) is 3.08. The highest BCUT2D eigenvalue weighted by molar-refractivity contribution is 9.10. The molecule has 0 N–H and O–H groups in total. The SMILES string of the molecule is CCCc1ccc(Br)c(C2OCCO2)c1F. The van der Waals surface area contributed by atoms with Crippen molar-refractivity contribution in [2.75, 3.05) is 13.2 Å². The molecule has 88 valence electrons. The van der Waals surface area contributed by atoms with Crippen molar-refractivity contribution in [3.05, 3.63) is 33.5 Å². The fraction of sp³-hybridized carbons (Fsp3) is 0.500. The van der Waals surface area contributed by atoms with Crippen LogP contribution in [0.4, 0.5) is 4.39 Å². The summed E-state index contributed by atoms with van der Waals surface area (Å²) in [6, 6.07) is 3.66. The van der Waals surface area contributed by atoms with Gasteiger partial charge in [-0.3, -0.25) is 0 Å². The molecule has 0 unspecified atom stereocenters. The van der Waals surface area contributed by atoms with Crippen molar-refractivity contribution >= 4 is 15.9 Å². The van der Waals surface area contributed by atoms with E-state index >= 15 is 0 Å². The lowest BCUT2D eigenvalue weighted by Crippen LogP contribution is -2.05. The van der Waals surface area contributed by atoms with E-state index in [1.54, 1.807) is 6.07 Å². The first-order valence-electron chi connectivity index (χ1n) is 5.44. The molecule has 0 aromatic heterocycles. The third kappa shape index (κ3) is 2.29. The zero-order valence-corrected chi connectivity index (χ0v) is 10.7. The fourth-order valence-electron chi connectivity index (χ4n) is 1.82. The molecular formula is C12H14BrFO2. The molecule has 0 amide bonds. The van der Waals surface area contributed by atoms with Crippen LogP contribution in [0.25, 0.3) is 0 Å². The summed E-state index contributed by atoms with van der Waals surface area (Å²) in [5, 5.41) is 0. The van der Waals surface area contributed by atoms with Crippen molar-refractivity contribution in [3.8, 4) is 0 Å². The fourth-order valence-corrected chi connectivity index (χ4v) is 2.31. The van der Waals surface area contributed by atoms with Gasteiger partial charge in [0.2, 0.25) is 0 Å². The average molecular weight is 289 g/mol. The Bertz CT molecular complexity index is 376. The van der Waals surface area contributed by atoms with E-state index in [4.69, 9.17) is 9.47 Å². The summed E-state index contributed by atoms with van der Waals surface area (Å²) in [5.74, 6) is -0.205. The molecule has 1 heterocycles. The van der Waals surface area contributed by atoms with Gasteiger partial charge in [0.1, 0.15) is 5.82 Å². The third-order valence-electron chi connectivity index (χ3n) is 2.58. The van der Waals surface area contributed by atoms with E-state index in [9.17, 15) is 4.39 Å². The molecule has 1 saturated heterocycles. The molecule has 2 nitrogen and oxygen atoms in total. The molecule has 0 bridgehead atoms. The van der Waals surface area contributed by atoms with Crippen LogP contribution in [0.2, 0.25) is 0 Å². The zero-order chi connectivity index (χ0) is 11.5. The maximum absolute atomic E-state index is 14.2. The first-order valence-corrected chi connectivity index (χ1v) is 6.23. The Morgan fingerprint density at radius 3 is 2.69 bits per heavy atom. The van der Waals surface area contributed by atoms with Gasteiger partial charge in [-0.1, -0.05) is 35.3 Å². The average Bonchev–Trinajstić information content (AvgIpc) is 2.76. The quantitative estimate of drug-likeness (QED) is 0.846. The van der Waals surface area contributed by atoms with Crippen molar-refractivity contribution < 1.29 is 13.9 Å². The molecule has 1 fully saturated rings. The Kier molecular flexibility index (Phi) is 3.95. The predicted molar refractivity (Wildman–Crippen MR) is 62.7 cm³/mol. The van der Waals surface area contributed by atoms with Gasteiger partial charge in [-0.2, -0.15) is 0 Å². The highest BCUT2D eigenvalue weighted by Crippen LogP contribution is 2.33. The minimum atomic E-state index is -0.564. The molecule has 0 atom stereocenters. The van der Waals surface area contributed by atoms with Crippen molar-refractivity contribution in [1.29, 1.82) is 0 Å². The molecular weight excluding hydrogens is 275 g/mol. The molecule has 0 aliphatic carbocycles. The summed E-state index contributed by atoms with van der Waals surface area (Å²) >= 11 is 3.34. The molecule has 1 aromatic rings. The van der Waals surface area contributed by atoms with E-state index in [2.05, 4.69) is 15.9 Å². The number of rotatable bonds is 3. The standard InChI is InChI=1S/C12H14BrFO2/c1-2-3-8-4-5-9(13)10(11(8)14)12-15-6-7-16-12/h4-5,12H,2-3,6-7H2,1H3. The molecule has 2 rings (SSSR count). The van der Waals surface area contributed by atoms with Crippen LogP contribution < -0.4 is 0 Å². The lowest BCUT2D eigenvalue weighted by molar-refractivity contribution is -0.0471. The summed E-state index contributed by atoms with van der Waals surface area (Å²) in [6.07, 6.45) is 1.09. The van der Waals surface area contributed by atoms with Crippen LogP contribution in [0.15, 0.2) is 16.6 Å². The second-order valence-electron chi connectivity index (χ2n) is 3.76. The van der Waals surface area contributed by atoms with E-state index in [0.717, 1.165) is 18.4 Å². The molecule has 0 spiro atoms. The van der Waals surface area contributed by atoms with E-state index in [-0.39, 0.29) is 5.82 Å². The highest BCUT2D eigenvalue weighted by Gasteiger charge is 2.25. The number of aryl methyl sites for hydroxylation is 1. The molecule has 1 aliphatic heterocycles. The van der Waals surface area contributed by atoms with Crippen molar-refractivity contribution in [2.45, 2.75) is 26.1 Å². The molecule has 0 radical (unpaired) electrons. The topological polar surface area (TPSA) is 18.5 Å². The Labute approximate surface area is 103 Å². The third-order valence-corrected chi connectivity index (χ3v) is 3.27. The largest absolute Gasteiger partial charge is 0.346 e. The smallest absolute Gasteiger partial charge is 0.187 e. The summed E-state index contributed by atoms with van der Waals surface area (Å²) in [5.41, 5.74) is 1.21. The maximum Gasteiger partial charge on any atom is 0.187 e. The van der Waals surface area contributed by atoms with Gasteiger partial charge >= 0.3 is 0 Å². The predicted octanol–water partition coefficient (Wildman–Crippen LogP) is 3.59. The van der Waals surface area contributed by atoms with Gasteiger partial charge < -0.3 is 9.47 Å². The van der Waals surface area contributed by atoms with E-state index < -0.39 is 6.29 Å². The number of ether oxygens (including phenoxy) is 2. The number of benzene rings is 1.